The molecule has 0 aliphatic carbocycles. The molecule has 0 unspecified atom stereocenters. The Hall–Kier alpha value is -2.21. The van der Waals surface area contributed by atoms with Crippen LogP contribution >= 0.6 is 11.3 Å². The van der Waals surface area contributed by atoms with Gasteiger partial charge in [0.05, 0.1) is 5.69 Å². The summed E-state index contributed by atoms with van der Waals surface area (Å²) in [6, 6.07) is 3.57. The second-order valence-electron chi connectivity index (χ2n) is 6.39. The van der Waals surface area contributed by atoms with Crippen LogP contribution in [0.2, 0.25) is 0 Å². The molecule has 1 saturated heterocycles. The zero-order chi connectivity index (χ0) is 16.7. The van der Waals surface area contributed by atoms with Crippen molar-refractivity contribution in [1.29, 1.82) is 0 Å². The monoisotopic (exact) mass is 340 g/mol. The summed E-state index contributed by atoms with van der Waals surface area (Å²) in [5.74, 6) is 1.44. The van der Waals surface area contributed by atoms with Crippen LogP contribution in [0.5, 0.6) is 0 Å². The fraction of sp³-hybridized carbons (Fsp3) is 0.389. The maximum absolute atomic E-state index is 12.7. The Kier molecular flexibility index (Phi) is 3.84. The van der Waals surface area contributed by atoms with E-state index in [-0.39, 0.29) is 5.91 Å². The predicted molar refractivity (Wildman–Crippen MR) is 94.7 cm³/mol. The standard InChI is InChI=1S/C18H20N4OS/c1-12-11-24-18-16(20-13(2)22(12)18)15-4-3-9-21(10-15)17(23)14-5-7-19-8-6-14/h5-8,11,15H,3-4,9-10H2,1-2H3/t15-/m1/s1. The first-order valence-corrected chi connectivity index (χ1v) is 9.15. The number of amides is 1. The molecule has 24 heavy (non-hydrogen) atoms. The molecule has 124 valence electrons. The van der Waals surface area contributed by atoms with Crippen LogP contribution in [0.25, 0.3) is 4.83 Å². The molecule has 4 rings (SSSR count). The fourth-order valence-corrected chi connectivity index (χ4v) is 4.69. The van der Waals surface area contributed by atoms with Gasteiger partial charge in [-0.3, -0.25) is 14.2 Å². The summed E-state index contributed by atoms with van der Waals surface area (Å²) in [6.07, 6.45) is 5.45. The van der Waals surface area contributed by atoms with E-state index in [1.165, 1.54) is 10.5 Å². The second kappa shape index (κ2) is 6.02. The van der Waals surface area contributed by atoms with Crippen LogP contribution in [0, 0.1) is 13.8 Å². The number of nitrogens with zero attached hydrogens (tertiary/aromatic N) is 4. The lowest BCUT2D eigenvalue weighted by Gasteiger charge is -2.32. The highest BCUT2D eigenvalue weighted by Gasteiger charge is 2.29. The average Bonchev–Trinajstić information content (AvgIpc) is 3.16. The summed E-state index contributed by atoms with van der Waals surface area (Å²) in [7, 11) is 0. The highest BCUT2D eigenvalue weighted by atomic mass is 32.1. The van der Waals surface area contributed by atoms with Crippen molar-refractivity contribution in [2.45, 2.75) is 32.6 Å². The van der Waals surface area contributed by atoms with Gasteiger partial charge in [-0.1, -0.05) is 0 Å². The van der Waals surface area contributed by atoms with Crippen LogP contribution in [0.1, 0.15) is 46.3 Å². The van der Waals surface area contributed by atoms with E-state index in [1.54, 1.807) is 35.9 Å². The third-order valence-electron chi connectivity index (χ3n) is 4.74. The lowest BCUT2D eigenvalue weighted by atomic mass is 9.94. The molecule has 0 N–H and O–H groups in total. The number of piperidine rings is 1. The Morgan fingerprint density at radius 1 is 1.29 bits per heavy atom. The highest BCUT2D eigenvalue weighted by molar-refractivity contribution is 7.15. The molecule has 1 atom stereocenters. The zero-order valence-electron chi connectivity index (χ0n) is 13.9. The number of likely N-dealkylation sites (tertiary alicyclic amines) is 1. The molecule has 1 amide bonds. The van der Waals surface area contributed by atoms with Gasteiger partial charge in [-0.25, -0.2) is 4.98 Å². The van der Waals surface area contributed by atoms with Crippen LogP contribution in [0.15, 0.2) is 29.9 Å². The normalized spacial score (nSPS) is 18.2. The summed E-state index contributed by atoms with van der Waals surface area (Å²) in [5, 5.41) is 2.18. The number of aryl methyl sites for hydroxylation is 2. The van der Waals surface area contributed by atoms with Gasteiger partial charge in [0, 0.05) is 48.0 Å². The number of carbonyl (C=O) groups excluding carboxylic acids is 1. The summed E-state index contributed by atoms with van der Waals surface area (Å²) >= 11 is 1.75. The quantitative estimate of drug-likeness (QED) is 0.718. The SMILES string of the molecule is Cc1csc2c([C@@H]3CCCN(C(=O)c4ccncc4)C3)nc(C)n12. The van der Waals surface area contributed by atoms with E-state index in [4.69, 9.17) is 4.98 Å². The summed E-state index contributed by atoms with van der Waals surface area (Å²) in [5.41, 5.74) is 3.09. The predicted octanol–water partition coefficient (Wildman–Crippen LogP) is 3.43. The molecular formula is C18H20N4OS. The molecule has 3 aromatic heterocycles. The van der Waals surface area contributed by atoms with E-state index in [1.807, 2.05) is 4.90 Å². The Morgan fingerprint density at radius 2 is 2.08 bits per heavy atom. The van der Waals surface area contributed by atoms with Gasteiger partial charge in [-0.05, 0) is 38.8 Å². The van der Waals surface area contributed by atoms with Crippen molar-refractivity contribution in [2.75, 3.05) is 13.1 Å². The molecule has 0 radical (unpaired) electrons. The Balaban J connectivity index is 1.62. The van der Waals surface area contributed by atoms with Crippen molar-refractivity contribution in [3.63, 3.8) is 0 Å². The molecule has 0 bridgehead atoms. The molecule has 5 nitrogen and oxygen atoms in total. The first-order chi connectivity index (χ1) is 11.6. The lowest BCUT2D eigenvalue weighted by Crippen LogP contribution is -2.39. The minimum Gasteiger partial charge on any atom is -0.338 e. The minimum atomic E-state index is 0.0941. The maximum Gasteiger partial charge on any atom is 0.253 e. The number of carbonyl (C=O) groups is 1. The number of imidazole rings is 1. The Labute approximate surface area is 145 Å². The van der Waals surface area contributed by atoms with Crippen LogP contribution in [-0.4, -0.2) is 38.3 Å². The highest BCUT2D eigenvalue weighted by Crippen LogP contribution is 2.33. The molecule has 4 heterocycles. The van der Waals surface area contributed by atoms with Crippen LogP contribution < -0.4 is 0 Å². The van der Waals surface area contributed by atoms with E-state index >= 15 is 0 Å². The Morgan fingerprint density at radius 3 is 2.88 bits per heavy atom. The first kappa shape index (κ1) is 15.3. The number of rotatable bonds is 2. The van der Waals surface area contributed by atoms with E-state index < -0.39 is 0 Å². The molecule has 6 heteroatoms. The van der Waals surface area contributed by atoms with Crippen molar-refractivity contribution >= 4 is 22.1 Å². The summed E-state index contributed by atoms with van der Waals surface area (Å²) in [6.45, 7) is 5.72. The van der Waals surface area contributed by atoms with Gasteiger partial charge in [-0.2, -0.15) is 0 Å². The molecule has 0 aromatic carbocycles. The number of aromatic nitrogens is 3. The zero-order valence-corrected chi connectivity index (χ0v) is 14.7. The third-order valence-corrected chi connectivity index (χ3v) is 5.82. The maximum atomic E-state index is 12.7. The molecule has 0 saturated carbocycles. The van der Waals surface area contributed by atoms with E-state index in [2.05, 4.69) is 28.6 Å². The number of hydrogen-bond donors (Lipinski definition) is 0. The van der Waals surface area contributed by atoms with E-state index in [0.717, 1.165) is 37.4 Å². The van der Waals surface area contributed by atoms with Gasteiger partial charge < -0.3 is 4.90 Å². The van der Waals surface area contributed by atoms with Gasteiger partial charge in [-0.15, -0.1) is 11.3 Å². The summed E-state index contributed by atoms with van der Waals surface area (Å²) < 4.78 is 2.23. The molecule has 0 spiro atoms. The lowest BCUT2D eigenvalue weighted by molar-refractivity contribution is 0.0706. The number of fused-ring (bicyclic) bond motifs is 1. The van der Waals surface area contributed by atoms with Crippen molar-refractivity contribution < 1.29 is 4.79 Å². The summed E-state index contributed by atoms with van der Waals surface area (Å²) in [4.78, 5) is 24.7. The van der Waals surface area contributed by atoms with Gasteiger partial charge in [0.2, 0.25) is 0 Å². The number of hydrogen-bond acceptors (Lipinski definition) is 4. The van der Waals surface area contributed by atoms with Crippen LogP contribution in [0.4, 0.5) is 0 Å². The molecule has 3 aromatic rings. The van der Waals surface area contributed by atoms with Gasteiger partial charge in [0.25, 0.3) is 5.91 Å². The molecule has 1 aliphatic rings. The van der Waals surface area contributed by atoms with E-state index in [0.29, 0.717) is 11.5 Å². The smallest absolute Gasteiger partial charge is 0.253 e. The second-order valence-corrected chi connectivity index (χ2v) is 7.25. The first-order valence-electron chi connectivity index (χ1n) is 8.27. The van der Waals surface area contributed by atoms with Crippen LogP contribution in [-0.2, 0) is 0 Å². The third kappa shape index (κ3) is 2.51. The van der Waals surface area contributed by atoms with Crippen molar-refractivity contribution in [3.05, 3.63) is 52.7 Å². The fourth-order valence-electron chi connectivity index (χ4n) is 3.58. The molecule has 1 aliphatic heterocycles. The molecule has 1 fully saturated rings. The number of thiazole rings is 1. The minimum absolute atomic E-state index is 0.0941. The van der Waals surface area contributed by atoms with Crippen molar-refractivity contribution in [1.82, 2.24) is 19.3 Å². The van der Waals surface area contributed by atoms with Crippen LogP contribution in [0.3, 0.4) is 0 Å². The van der Waals surface area contributed by atoms with E-state index in [9.17, 15) is 4.79 Å². The topological polar surface area (TPSA) is 50.5 Å². The van der Waals surface area contributed by atoms with Crippen molar-refractivity contribution in [3.8, 4) is 0 Å². The van der Waals surface area contributed by atoms with Crippen molar-refractivity contribution in [2.24, 2.45) is 0 Å². The largest absolute Gasteiger partial charge is 0.338 e. The molecular weight excluding hydrogens is 320 g/mol. The van der Waals surface area contributed by atoms with Gasteiger partial charge in [0.15, 0.2) is 0 Å². The number of pyridine rings is 1. The average molecular weight is 340 g/mol. The van der Waals surface area contributed by atoms with Gasteiger partial charge >= 0.3 is 0 Å². The van der Waals surface area contributed by atoms with Gasteiger partial charge in [0.1, 0.15) is 10.7 Å². The Bertz CT molecular complexity index is 883.